The molecule has 1 aromatic heterocycles. The van der Waals surface area contributed by atoms with E-state index in [-0.39, 0.29) is 37.2 Å². The third-order valence-corrected chi connectivity index (χ3v) is 6.78. The summed E-state index contributed by atoms with van der Waals surface area (Å²) in [6.07, 6.45) is -3.87. The Morgan fingerprint density at radius 2 is 1.82 bits per heavy atom. The molecular weight excluding hydrogens is 468 g/mol. The lowest BCUT2D eigenvalue weighted by Gasteiger charge is -2.36. The fraction of sp³-hybridized carbons (Fsp3) is 0.280. The van der Waals surface area contributed by atoms with Crippen LogP contribution in [-0.2, 0) is 28.7 Å². The number of benzene rings is 2. The minimum Gasteiger partial charge on any atom is -0.352 e. The number of carbonyl (C=O) groups excluding carboxylic acids is 2. The van der Waals surface area contributed by atoms with Crippen molar-refractivity contribution in [3.8, 4) is 0 Å². The number of amides is 2. The number of hydrogen-bond acceptors (Lipinski definition) is 3. The van der Waals surface area contributed by atoms with Crippen molar-refractivity contribution in [2.24, 2.45) is 0 Å². The molecule has 2 amide bonds. The number of hydrogen-bond donors (Lipinski definition) is 1. The standard InChI is InChI=1S/C25H22F4N2O2S/c26-19-6-4-17(5-7-19)24-20-11-13-34-21(20)10-12-31(24)23(33)9-8-22(32)30-15-16-2-1-3-18(14-16)25(27,28)29/h1-7,11,13-14,24H,8-10,12,15H2,(H,30,32). The maximum atomic E-state index is 13.5. The minimum absolute atomic E-state index is 0.0361. The van der Waals surface area contributed by atoms with Crippen molar-refractivity contribution in [1.29, 1.82) is 0 Å². The van der Waals surface area contributed by atoms with Crippen molar-refractivity contribution in [2.45, 2.75) is 38.0 Å². The highest BCUT2D eigenvalue weighted by atomic mass is 32.1. The SMILES string of the molecule is O=C(CCC(=O)N1CCc2sccc2C1c1ccc(F)cc1)NCc1cccc(C(F)(F)F)c1. The molecule has 0 saturated carbocycles. The van der Waals surface area contributed by atoms with E-state index in [2.05, 4.69) is 5.32 Å². The molecule has 1 aliphatic heterocycles. The minimum atomic E-state index is -4.45. The molecule has 4 rings (SSSR count). The van der Waals surface area contributed by atoms with E-state index in [1.165, 1.54) is 29.1 Å². The van der Waals surface area contributed by atoms with E-state index < -0.39 is 17.6 Å². The summed E-state index contributed by atoms with van der Waals surface area (Å²) in [5, 5.41) is 4.55. The first kappa shape index (κ1) is 23.9. The monoisotopic (exact) mass is 490 g/mol. The summed E-state index contributed by atoms with van der Waals surface area (Å²) in [6.45, 7) is 0.428. The van der Waals surface area contributed by atoms with Crippen LogP contribution in [0.2, 0.25) is 0 Å². The zero-order valence-corrected chi connectivity index (χ0v) is 18.9. The quantitative estimate of drug-likeness (QED) is 0.466. The van der Waals surface area contributed by atoms with Crippen LogP contribution in [0, 0.1) is 5.82 Å². The molecule has 4 nitrogen and oxygen atoms in total. The fourth-order valence-electron chi connectivity index (χ4n) is 4.10. The van der Waals surface area contributed by atoms with E-state index in [0.717, 1.165) is 23.3 Å². The number of halogens is 4. The molecule has 34 heavy (non-hydrogen) atoms. The predicted molar refractivity (Wildman–Crippen MR) is 121 cm³/mol. The average Bonchev–Trinajstić information content (AvgIpc) is 3.30. The molecule has 0 spiro atoms. The summed E-state index contributed by atoms with van der Waals surface area (Å²) in [4.78, 5) is 28.2. The molecule has 0 aliphatic carbocycles. The van der Waals surface area contributed by atoms with Gasteiger partial charge in [-0.15, -0.1) is 11.3 Å². The van der Waals surface area contributed by atoms with Crippen LogP contribution in [0.15, 0.2) is 60.0 Å². The van der Waals surface area contributed by atoms with Gasteiger partial charge >= 0.3 is 6.18 Å². The largest absolute Gasteiger partial charge is 0.416 e. The maximum absolute atomic E-state index is 13.5. The van der Waals surface area contributed by atoms with Crippen LogP contribution in [0.1, 0.15) is 46.0 Å². The lowest BCUT2D eigenvalue weighted by atomic mass is 9.93. The van der Waals surface area contributed by atoms with Gasteiger partial charge in [0.25, 0.3) is 0 Å². The van der Waals surface area contributed by atoms with Crippen molar-refractivity contribution in [1.82, 2.24) is 10.2 Å². The van der Waals surface area contributed by atoms with Crippen molar-refractivity contribution >= 4 is 23.2 Å². The van der Waals surface area contributed by atoms with Gasteiger partial charge in [0.15, 0.2) is 0 Å². The van der Waals surface area contributed by atoms with Crippen LogP contribution in [-0.4, -0.2) is 23.3 Å². The number of nitrogens with one attached hydrogen (secondary N) is 1. The van der Waals surface area contributed by atoms with Gasteiger partial charge in [0, 0.05) is 30.8 Å². The molecule has 0 saturated heterocycles. The first-order chi connectivity index (χ1) is 16.2. The Bertz CT molecular complexity index is 1170. The van der Waals surface area contributed by atoms with Gasteiger partial charge in [-0.1, -0.05) is 24.3 Å². The molecule has 1 atom stereocenters. The Labute approximate surface area is 198 Å². The second kappa shape index (κ2) is 9.97. The third-order valence-electron chi connectivity index (χ3n) is 5.78. The molecule has 2 heterocycles. The van der Waals surface area contributed by atoms with Gasteiger partial charge in [-0.3, -0.25) is 9.59 Å². The highest BCUT2D eigenvalue weighted by Gasteiger charge is 2.33. The lowest BCUT2D eigenvalue weighted by molar-refractivity contribution is -0.137. The van der Waals surface area contributed by atoms with Crippen LogP contribution >= 0.6 is 11.3 Å². The Hall–Kier alpha value is -3.20. The van der Waals surface area contributed by atoms with E-state index >= 15 is 0 Å². The van der Waals surface area contributed by atoms with Crippen molar-refractivity contribution in [3.05, 3.63) is 92.9 Å². The Kier molecular flexibility index (Phi) is 7.02. The number of rotatable bonds is 6. The van der Waals surface area contributed by atoms with Crippen LogP contribution in [0.25, 0.3) is 0 Å². The van der Waals surface area contributed by atoms with E-state index in [0.29, 0.717) is 18.5 Å². The second-order valence-electron chi connectivity index (χ2n) is 8.07. The molecule has 1 aliphatic rings. The van der Waals surface area contributed by atoms with Crippen LogP contribution in [0.3, 0.4) is 0 Å². The molecule has 3 aromatic rings. The lowest BCUT2D eigenvalue weighted by Crippen LogP contribution is -2.40. The van der Waals surface area contributed by atoms with Gasteiger partial charge in [0.1, 0.15) is 5.82 Å². The molecule has 0 bridgehead atoms. The fourth-order valence-corrected chi connectivity index (χ4v) is 5.00. The van der Waals surface area contributed by atoms with Gasteiger partial charge in [0.2, 0.25) is 11.8 Å². The third kappa shape index (κ3) is 5.47. The number of carbonyl (C=O) groups is 2. The van der Waals surface area contributed by atoms with Gasteiger partial charge < -0.3 is 10.2 Å². The van der Waals surface area contributed by atoms with Gasteiger partial charge in [-0.25, -0.2) is 4.39 Å². The normalized spacial score (nSPS) is 15.6. The summed E-state index contributed by atoms with van der Waals surface area (Å²) in [7, 11) is 0. The molecule has 178 valence electrons. The predicted octanol–water partition coefficient (Wildman–Crippen LogP) is 5.48. The van der Waals surface area contributed by atoms with Crippen molar-refractivity contribution in [3.63, 3.8) is 0 Å². The number of alkyl halides is 3. The van der Waals surface area contributed by atoms with Crippen molar-refractivity contribution < 1.29 is 27.2 Å². The smallest absolute Gasteiger partial charge is 0.352 e. The highest BCUT2D eigenvalue weighted by Crippen LogP contribution is 2.38. The molecule has 1 N–H and O–H groups in total. The summed E-state index contributed by atoms with van der Waals surface area (Å²) in [5.41, 5.74) is 1.35. The first-order valence-corrected chi connectivity index (χ1v) is 11.6. The summed E-state index contributed by atoms with van der Waals surface area (Å²) < 4.78 is 52.0. The molecular formula is C25H22F4N2O2S. The number of nitrogens with zero attached hydrogens (tertiary/aromatic N) is 1. The molecule has 2 aromatic carbocycles. The molecule has 0 fully saturated rings. The van der Waals surface area contributed by atoms with E-state index in [9.17, 15) is 27.2 Å². The average molecular weight is 491 g/mol. The Balaban J connectivity index is 1.38. The zero-order chi connectivity index (χ0) is 24.3. The van der Waals surface area contributed by atoms with Crippen LogP contribution in [0.5, 0.6) is 0 Å². The van der Waals surface area contributed by atoms with Crippen LogP contribution < -0.4 is 5.32 Å². The van der Waals surface area contributed by atoms with Gasteiger partial charge in [-0.2, -0.15) is 13.2 Å². The first-order valence-electron chi connectivity index (χ1n) is 10.8. The van der Waals surface area contributed by atoms with Gasteiger partial charge in [0.05, 0.1) is 11.6 Å². The highest BCUT2D eigenvalue weighted by molar-refractivity contribution is 7.10. The Morgan fingerprint density at radius 1 is 1.06 bits per heavy atom. The maximum Gasteiger partial charge on any atom is 0.416 e. The van der Waals surface area contributed by atoms with Gasteiger partial charge in [-0.05, 0) is 58.8 Å². The number of thiophene rings is 1. The summed E-state index contributed by atoms with van der Waals surface area (Å²) >= 11 is 1.62. The molecule has 0 radical (unpaired) electrons. The van der Waals surface area contributed by atoms with E-state index in [1.54, 1.807) is 28.4 Å². The molecule has 9 heteroatoms. The van der Waals surface area contributed by atoms with E-state index in [1.807, 2.05) is 11.4 Å². The topological polar surface area (TPSA) is 49.4 Å². The van der Waals surface area contributed by atoms with Crippen molar-refractivity contribution in [2.75, 3.05) is 6.54 Å². The summed E-state index contributed by atoms with van der Waals surface area (Å²) in [5.74, 6) is -0.988. The van der Waals surface area contributed by atoms with E-state index in [4.69, 9.17) is 0 Å². The Morgan fingerprint density at radius 3 is 2.56 bits per heavy atom. The number of fused-ring (bicyclic) bond motifs is 1. The second-order valence-corrected chi connectivity index (χ2v) is 9.07. The zero-order valence-electron chi connectivity index (χ0n) is 18.1. The summed E-state index contributed by atoms with van der Waals surface area (Å²) in [6, 6.07) is 12.4. The molecule has 1 unspecified atom stereocenters. The van der Waals surface area contributed by atoms with Crippen LogP contribution in [0.4, 0.5) is 17.6 Å².